The number of alkyl halides is 3. The van der Waals surface area contributed by atoms with Crippen molar-refractivity contribution in [2.45, 2.75) is 44.7 Å². The Bertz CT molecular complexity index is 776. The lowest BCUT2D eigenvalue weighted by molar-refractivity contribution is -0.157. The number of ether oxygens (including phenoxy) is 1. The molecule has 31 heavy (non-hydrogen) atoms. The van der Waals surface area contributed by atoms with Crippen molar-refractivity contribution in [1.29, 1.82) is 0 Å². The first kappa shape index (κ1) is 24.6. The van der Waals surface area contributed by atoms with Crippen LogP contribution in [0.2, 0.25) is 0 Å². The van der Waals surface area contributed by atoms with Crippen molar-refractivity contribution in [2.24, 2.45) is 5.92 Å². The van der Waals surface area contributed by atoms with Crippen molar-refractivity contribution in [2.75, 3.05) is 19.7 Å². The number of benzene rings is 1. The van der Waals surface area contributed by atoms with Gasteiger partial charge in [-0.2, -0.15) is 13.2 Å². The van der Waals surface area contributed by atoms with Gasteiger partial charge in [0.15, 0.2) is 12.2 Å². The van der Waals surface area contributed by atoms with E-state index < -0.39 is 35.8 Å². The number of aliphatic hydroxyl groups excluding tert-OH is 2. The number of carbonyl (C=O) groups excluding carboxylic acids is 3. The largest absolute Gasteiger partial charge is 0.466 e. The highest BCUT2D eigenvalue weighted by molar-refractivity contribution is 5.90. The van der Waals surface area contributed by atoms with Crippen LogP contribution in [0, 0.1) is 5.92 Å². The lowest BCUT2D eigenvalue weighted by Crippen LogP contribution is -2.52. The summed E-state index contributed by atoms with van der Waals surface area (Å²) in [7, 11) is 0. The fraction of sp³-hybridized carbons (Fsp3) is 0.550. The third-order valence-electron chi connectivity index (χ3n) is 5.00. The molecule has 0 aliphatic carbocycles. The van der Waals surface area contributed by atoms with Crippen molar-refractivity contribution < 1.29 is 42.5 Å². The van der Waals surface area contributed by atoms with E-state index in [1.807, 2.05) is 0 Å². The molecule has 1 heterocycles. The normalized spacial score (nSPS) is 17.0. The number of hydrogen-bond donors (Lipinski definition) is 3. The van der Waals surface area contributed by atoms with Crippen LogP contribution in [0.5, 0.6) is 0 Å². The van der Waals surface area contributed by atoms with Gasteiger partial charge in [-0.1, -0.05) is 12.1 Å². The van der Waals surface area contributed by atoms with E-state index in [0.717, 1.165) is 12.1 Å². The second-order valence-electron chi connectivity index (χ2n) is 7.15. The number of aliphatic hydroxyl groups is 2. The zero-order valence-electron chi connectivity index (χ0n) is 16.9. The zero-order chi connectivity index (χ0) is 23.2. The average Bonchev–Trinajstić information content (AvgIpc) is 2.75. The number of piperidine rings is 1. The van der Waals surface area contributed by atoms with E-state index in [2.05, 4.69) is 5.32 Å². The molecule has 8 nitrogen and oxygen atoms in total. The molecule has 2 atom stereocenters. The van der Waals surface area contributed by atoms with Crippen molar-refractivity contribution in [3.8, 4) is 0 Å². The number of hydrogen-bond acceptors (Lipinski definition) is 6. The van der Waals surface area contributed by atoms with Crippen LogP contribution in [0.25, 0.3) is 0 Å². The van der Waals surface area contributed by atoms with Crippen LogP contribution in [0.3, 0.4) is 0 Å². The highest BCUT2D eigenvalue weighted by Gasteiger charge is 2.36. The summed E-state index contributed by atoms with van der Waals surface area (Å²) in [6.07, 6.45) is -7.86. The number of rotatable bonds is 7. The summed E-state index contributed by atoms with van der Waals surface area (Å²) in [5, 5.41) is 22.3. The van der Waals surface area contributed by atoms with Gasteiger partial charge in [0, 0.05) is 19.6 Å². The molecule has 1 aliphatic rings. The zero-order valence-corrected chi connectivity index (χ0v) is 16.9. The molecule has 0 saturated carbocycles. The molecule has 0 radical (unpaired) electrons. The second kappa shape index (κ2) is 10.6. The van der Waals surface area contributed by atoms with Crippen LogP contribution >= 0.6 is 0 Å². The molecule has 2 amide bonds. The van der Waals surface area contributed by atoms with E-state index in [9.17, 15) is 37.8 Å². The van der Waals surface area contributed by atoms with E-state index >= 15 is 0 Å². The molecular weight excluding hydrogens is 421 g/mol. The molecule has 172 valence electrons. The molecule has 2 rings (SSSR count). The fourth-order valence-electron chi connectivity index (χ4n) is 3.17. The van der Waals surface area contributed by atoms with Crippen LogP contribution in [-0.4, -0.2) is 64.8 Å². The first-order chi connectivity index (χ1) is 14.5. The molecule has 11 heteroatoms. The SMILES string of the molecule is CCOC(=O)C1CCN(C(=O)[C@H](O)[C@@H](O)C(=O)NCc2ccc(C(F)(F)F)cc2)CC1. The van der Waals surface area contributed by atoms with Crippen LogP contribution in [-0.2, 0) is 31.8 Å². The third kappa shape index (κ3) is 6.66. The van der Waals surface area contributed by atoms with Gasteiger partial charge in [0.25, 0.3) is 11.8 Å². The van der Waals surface area contributed by atoms with Crippen molar-refractivity contribution in [1.82, 2.24) is 10.2 Å². The number of amides is 2. The molecule has 0 unspecified atom stereocenters. The Kier molecular flexibility index (Phi) is 8.40. The van der Waals surface area contributed by atoms with Gasteiger partial charge in [-0.3, -0.25) is 14.4 Å². The minimum Gasteiger partial charge on any atom is -0.466 e. The fourth-order valence-corrected chi connectivity index (χ4v) is 3.17. The van der Waals surface area contributed by atoms with E-state index in [0.29, 0.717) is 18.4 Å². The summed E-state index contributed by atoms with van der Waals surface area (Å²) < 4.78 is 42.6. The van der Waals surface area contributed by atoms with Crippen molar-refractivity contribution in [3.63, 3.8) is 0 Å². The van der Waals surface area contributed by atoms with Gasteiger partial charge >= 0.3 is 12.1 Å². The van der Waals surface area contributed by atoms with E-state index in [4.69, 9.17) is 4.74 Å². The predicted molar refractivity (Wildman–Crippen MR) is 101 cm³/mol. The minimum atomic E-state index is -4.48. The summed E-state index contributed by atoms with van der Waals surface area (Å²) in [5.74, 6) is -2.59. The predicted octanol–water partition coefficient (Wildman–Crippen LogP) is 0.845. The Balaban J connectivity index is 1.83. The van der Waals surface area contributed by atoms with Crippen molar-refractivity contribution >= 4 is 17.8 Å². The summed E-state index contributed by atoms with van der Waals surface area (Å²) in [4.78, 5) is 37.4. The molecule has 0 bridgehead atoms. The Morgan fingerprint density at radius 3 is 2.23 bits per heavy atom. The smallest absolute Gasteiger partial charge is 0.416 e. The summed E-state index contributed by atoms with van der Waals surface area (Å²) in [5.41, 5.74) is -0.495. The first-order valence-corrected chi connectivity index (χ1v) is 9.80. The number of nitrogens with zero attached hydrogens (tertiary/aromatic N) is 1. The standard InChI is InChI=1S/C20H25F3N2O6/c1-2-31-19(30)13-7-9-25(10-8-13)18(29)16(27)15(26)17(28)24-11-12-3-5-14(6-4-12)20(21,22)23/h3-6,13,15-16,26-27H,2,7-11H2,1H3,(H,24,28)/t15-,16-/m1/s1. The Morgan fingerprint density at radius 1 is 1.13 bits per heavy atom. The summed E-state index contributed by atoms with van der Waals surface area (Å²) >= 11 is 0. The minimum absolute atomic E-state index is 0.166. The van der Waals surface area contributed by atoms with Crippen LogP contribution < -0.4 is 5.32 Å². The highest BCUT2D eigenvalue weighted by atomic mass is 19.4. The number of likely N-dealkylation sites (tertiary alicyclic amines) is 1. The van der Waals surface area contributed by atoms with Gasteiger partial charge in [-0.05, 0) is 37.5 Å². The van der Waals surface area contributed by atoms with E-state index in [-0.39, 0.29) is 38.1 Å². The van der Waals surface area contributed by atoms with E-state index in [1.54, 1.807) is 6.92 Å². The maximum absolute atomic E-state index is 12.6. The molecule has 0 spiro atoms. The highest BCUT2D eigenvalue weighted by Crippen LogP contribution is 2.29. The monoisotopic (exact) mass is 446 g/mol. The van der Waals surface area contributed by atoms with Gasteiger partial charge in [0.2, 0.25) is 0 Å². The molecule has 1 saturated heterocycles. The Hall–Kier alpha value is -2.66. The first-order valence-electron chi connectivity index (χ1n) is 9.80. The number of esters is 1. The molecule has 1 fully saturated rings. The second-order valence-corrected chi connectivity index (χ2v) is 7.15. The summed E-state index contributed by atoms with van der Waals surface area (Å²) in [6, 6.07) is 4.06. The molecule has 0 aromatic heterocycles. The molecule has 1 aromatic carbocycles. The quantitative estimate of drug-likeness (QED) is 0.535. The lowest BCUT2D eigenvalue weighted by Gasteiger charge is -2.32. The lowest BCUT2D eigenvalue weighted by atomic mass is 9.96. The van der Waals surface area contributed by atoms with Crippen molar-refractivity contribution in [3.05, 3.63) is 35.4 Å². The maximum atomic E-state index is 12.6. The van der Waals surface area contributed by atoms with Gasteiger partial charge in [0.05, 0.1) is 18.1 Å². The van der Waals surface area contributed by atoms with Gasteiger partial charge in [-0.25, -0.2) is 0 Å². The van der Waals surface area contributed by atoms with Gasteiger partial charge in [-0.15, -0.1) is 0 Å². The van der Waals surface area contributed by atoms with Crippen LogP contribution in [0.15, 0.2) is 24.3 Å². The third-order valence-corrected chi connectivity index (χ3v) is 5.00. The van der Waals surface area contributed by atoms with Crippen LogP contribution in [0.1, 0.15) is 30.9 Å². The molecule has 3 N–H and O–H groups in total. The Labute approximate surface area is 177 Å². The number of halogens is 3. The maximum Gasteiger partial charge on any atom is 0.416 e. The van der Waals surface area contributed by atoms with Crippen LogP contribution in [0.4, 0.5) is 13.2 Å². The van der Waals surface area contributed by atoms with E-state index in [1.165, 1.54) is 17.0 Å². The molecule has 1 aliphatic heterocycles. The average molecular weight is 446 g/mol. The number of carbonyl (C=O) groups is 3. The Morgan fingerprint density at radius 2 is 1.71 bits per heavy atom. The topological polar surface area (TPSA) is 116 Å². The molecule has 1 aromatic rings. The van der Waals surface area contributed by atoms with Gasteiger partial charge in [0.1, 0.15) is 0 Å². The van der Waals surface area contributed by atoms with Gasteiger partial charge < -0.3 is 25.2 Å². The molecular formula is C20H25F3N2O6. The summed E-state index contributed by atoms with van der Waals surface area (Å²) in [6.45, 7) is 2.08. The number of nitrogens with one attached hydrogen (secondary N) is 1.